The van der Waals surface area contributed by atoms with Crippen molar-refractivity contribution in [3.8, 4) is 0 Å². The molecule has 0 aliphatic carbocycles. The minimum Gasteiger partial charge on any atom is -0.352 e. The van der Waals surface area contributed by atoms with Gasteiger partial charge in [0.1, 0.15) is 0 Å². The quantitative estimate of drug-likeness (QED) is 0.749. The lowest BCUT2D eigenvalue weighted by atomic mass is 10.1. The summed E-state index contributed by atoms with van der Waals surface area (Å²) in [5, 5.41) is 7.41. The third-order valence-corrected chi connectivity index (χ3v) is 4.13. The molecule has 7 heteroatoms. The average Bonchev–Trinajstić information content (AvgIpc) is 3.12. The van der Waals surface area contributed by atoms with Crippen LogP contribution >= 0.6 is 0 Å². The first-order chi connectivity index (χ1) is 11.4. The second kappa shape index (κ2) is 7.90. The number of carbonyl (C=O) groups excluding carboxylic acids is 2. The Morgan fingerprint density at radius 2 is 2.08 bits per heavy atom. The van der Waals surface area contributed by atoms with Crippen molar-refractivity contribution in [3.63, 3.8) is 0 Å². The maximum Gasteiger partial charge on any atom is 0.222 e. The number of imidazole rings is 1. The summed E-state index contributed by atoms with van der Waals surface area (Å²) in [5.74, 6) is -0.00836. The van der Waals surface area contributed by atoms with Crippen LogP contribution in [0.4, 0.5) is 0 Å². The van der Waals surface area contributed by atoms with E-state index in [-0.39, 0.29) is 17.7 Å². The summed E-state index contributed by atoms with van der Waals surface area (Å²) in [6, 6.07) is 0.0694. The Morgan fingerprint density at radius 1 is 1.33 bits per heavy atom. The van der Waals surface area contributed by atoms with Crippen LogP contribution in [-0.4, -0.2) is 37.1 Å². The van der Waals surface area contributed by atoms with Gasteiger partial charge in [0, 0.05) is 43.6 Å². The summed E-state index contributed by atoms with van der Waals surface area (Å²) in [6.45, 7) is 8.43. The van der Waals surface area contributed by atoms with Gasteiger partial charge in [0.05, 0.1) is 17.6 Å². The maximum absolute atomic E-state index is 12.2. The molecule has 0 radical (unpaired) electrons. The molecular formula is C17H25N5O2. The average molecular weight is 331 g/mol. The lowest BCUT2D eigenvalue weighted by Gasteiger charge is -2.17. The number of ketones is 1. The van der Waals surface area contributed by atoms with Gasteiger partial charge in [0.15, 0.2) is 5.78 Å². The molecule has 0 fully saturated rings. The van der Waals surface area contributed by atoms with E-state index in [1.54, 1.807) is 17.2 Å². The van der Waals surface area contributed by atoms with Gasteiger partial charge in [0.25, 0.3) is 0 Å². The molecule has 1 N–H and O–H groups in total. The van der Waals surface area contributed by atoms with Crippen molar-refractivity contribution in [1.29, 1.82) is 0 Å². The molecule has 7 nitrogen and oxygen atoms in total. The second-order valence-electron chi connectivity index (χ2n) is 6.01. The molecule has 0 saturated heterocycles. The predicted molar refractivity (Wildman–Crippen MR) is 90.8 cm³/mol. The number of hydrogen-bond donors (Lipinski definition) is 1. The molecule has 24 heavy (non-hydrogen) atoms. The van der Waals surface area contributed by atoms with Crippen molar-refractivity contribution in [2.45, 2.75) is 59.7 Å². The number of aryl methyl sites for hydroxylation is 2. The highest BCUT2D eigenvalue weighted by molar-refractivity contribution is 5.96. The molecule has 1 amide bonds. The maximum atomic E-state index is 12.2. The minimum atomic E-state index is -0.0149. The SMILES string of the molecule is CC[C@H](Cn1ccnc1)NC(=O)CCn1nc(C)c(C(C)=O)c1C. The number of Topliss-reactive ketones (excluding diaryl/α,β-unsaturated/α-hetero) is 1. The van der Waals surface area contributed by atoms with Crippen molar-refractivity contribution in [1.82, 2.24) is 24.6 Å². The van der Waals surface area contributed by atoms with Crippen molar-refractivity contribution < 1.29 is 9.59 Å². The zero-order valence-electron chi connectivity index (χ0n) is 14.7. The molecule has 0 spiro atoms. The zero-order valence-corrected chi connectivity index (χ0v) is 14.7. The molecule has 2 aromatic rings. The van der Waals surface area contributed by atoms with Gasteiger partial charge in [-0.2, -0.15) is 5.10 Å². The largest absolute Gasteiger partial charge is 0.352 e. The fourth-order valence-electron chi connectivity index (χ4n) is 2.86. The molecule has 1 atom stereocenters. The Labute approximate surface area is 142 Å². The molecule has 0 aliphatic rings. The van der Waals surface area contributed by atoms with Crippen LogP contribution in [0.2, 0.25) is 0 Å². The van der Waals surface area contributed by atoms with Gasteiger partial charge in [0.2, 0.25) is 5.91 Å². The van der Waals surface area contributed by atoms with Crippen LogP contribution in [0.1, 0.15) is 48.4 Å². The first-order valence-corrected chi connectivity index (χ1v) is 8.22. The lowest BCUT2D eigenvalue weighted by molar-refractivity contribution is -0.122. The van der Waals surface area contributed by atoms with Crippen molar-refractivity contribution in [2.75, 3.05) is 0 Å². The molecule has 0 aliphatic heterocycles. The molecule has 0 aromatic carbocycles. The summed E-state index contributed by atoms with van der Waals surface area (Å²) >= 11 is 0. The van der Waals surface area contributed by atoms with Gasteiger partial charge in [-0.1, -0.05) is 6.92 Å². The monoisotopic (exact) mass is 331 g/mol. The Bertz CT molecular complexity index is 703. The van der Waals surface area contributed by atoms with Crippen LogP contribution in [0, 0.1) is 13.8 Å². The summed E-state index contributed by atoms with van der Waals surface area (Å²) in [4.78, 5) is 27.9. The number of carbonyl (C=O) groups is 2. The van der Waals surface area contributed by atoms with Gasteiger partial charge in [-0.05, 0) is 27.2 Å². The van der Waals surface area contributed by atoms with Gasteiger partial charge in [-0.25, -0.2) is 4.98 Å². The molecule has 0 unspecified atom stereocenters. The molecule has 2 heterocycles. The van der Waals surface area contributed by atoms with Gasteiger partial charge in [-0.3, -0.25) is 14.3 Å². The number of aromatic nitrogens is 4. The highest BCUT2D eigenvalue weighted by atomic mass is 16.1. The normalized spacial score (nSPS) is 12.2. The van der Waals surface area contributed by atoms with Crippen LogP contribution in [0.5, 0.6) is 0 Å². The summed E-state index contributed by atoms with van der Waals surface area (Å²) < 4.78 is 3.69. The highest BCUT2D eigenvalue weighted by Crippen LogP contribution is 2.14. The molecule has 2 aromatic heterocycles. The van der Waals surface area contributed by atoms with E-state index in [4.69, 9.17) is 0 Å². The van der Waals surface area contributed by atoms with Crippen LogP contribution in [-0.2, 0) is 17.9 Å². The summed E-state index contributed by atoms with van der Waals surface area (Å²) in [6.07, 6.45) is 6.53. The van der Waals surface area contributed by atoms with Crippen LogP contribution < -0.4 is 5.32 Å². The van der Waals surface area contributed by atoms with Crippen molar-refractivity contribution >= 4 is 11.7 Å². The topological polar surface area (TPSA) is 81.8 Å². The number of nitrogens with zero attached hydrogens (tertiary/aromatic N) is 4. The Kier molecular flexibility index (Phi) is 5.89. The molecule has 2 rings (SSSR count). The summed E-state index contributed by atoms with van der Waals surface area (Å²) in [5.41, 5.74) is 2.19. The fraction of sp³-hybridized carbons (Fsp3) is 0.529. The van der Waals surface area contributed by atoms with Crippen molar-refractivity contribution in [3.05, 3.63) is 35.7 Å². The minimum absolute atomic E-state index is 0.00656. The van der Waals surface area contributed by atoms with Crippen LogP contribution in [0.3, 0.4) is 0 Å². The molecule has 0 saturated carbocycles. The van der Waals surface area contributed by atoms with Crippen LogP contribution in [0.25, 0.3) is 0 Å². The first-order valence-electron chi connectivity index (χ1n) is 8.22. The second-order valence-corrected chi connectivity index (χ2v) is 6.01. The van der Waals surface area contributed by atoms with Crippen molar-refractivity contribution in [2.24, 2.45) is 0 Å². The van der Waals surface area contributed by atoms with E-state index < -0.39 is 0 Å². The molecular weight excluding hydrogens is 306 g/mol. The number of nitrogens with one attached hydrogen (secondary N) is 1. The molecule has 0 bridgehead atoms. The Morgan fingerprint density at radius 3 is 2.62 bits per heavy atom. The number of amides is 1. The highest BCUT2D eigenvalue weighted by Gasteiger charge is 2.16. The van der Waals surface area contributed by atoms with E-state index >= 15 is 0 Å². The summed E-state index contributed by atoms with van der Waals surface area (Å²) in [7, 11) is 0. The number of hydrogen-bond acceptors (Lipinski definition) is 4. The van der Waals surface area contributed by atoms with E-state index in [2.05, 4.69) is 15.4 Å². The van der Waals surface area contributed by atoms with E-state index in [0.29, 0.717) is 30.8 Å². The van der Waals surface area contributed by atoms with E-state index in [0.717, 1.165) is 12.1 Å². The van der Waals surface area contributed by atoms with E-state index in [1.807, 2.05) is 31.5 Å². The van der Waals surface area contributed by atoms with E-state index in [1.165, 1.54) is 6.92 Å². The Hall–Kier alpha value is -2.44. The lowest BCUT2D eigenvalue weighted by Crippen LogP contribution is -2.37. The van der Waals surface area contributed by atoms with Gasteiger partial charge in [-0.15, -0.1) is 0 Å². The smallest absolute Gasteiger partial charge is 0.222 e. The predicted octanol–water partition coefficient (Wildman–Crippen LogP) is 1.88. The zero-order chi connectivity index (χ0) is 17.7. The van der Waals surface area contributed by atoms with E-state index in [9.17, 15) is 9.59 Å². The van der Waals surface area contributed by atoms with Gasteiger partial charge >= 0.3 is 0 Å². The third kappa shape index (κ3) is 4.31. The molecule has 130 valence electrons. The number of rotatable bonds is 8. The third-order valence-electron chi connectivity index (χ3n) is 4.13. The first kappa shape index (κ1) is 17.9. The fourth-order valence-corrected chi connectivity index (χ4v) is 2.86. The van der Waals surface area contributed by atoms with Crippen LogP contribution in [0.15, 0.2) is 18.7 Å². The van der Waals surface area contributed by atoms with Gasteiger partial charge < -0.3 is 9.88 Å². The Balaban J connectivity index is 1.91. The standard InChI is InChI=1S/C17H25N5O2/c1-5-15(10-21-9-7-18-11-21)19-16(24)6-8-22-13(3)17(14(4)23)12(2)20-22/h7,9,11,15H,5-6,8,10H2,1-4H3,(H,19,24)/t15-/m1/s1.